The Morgan fingerprint density at radius 3 is 2.09 bits per heavy atom. The maximum absolute atomic E-state index is 12.0. The molecule has 188 valence electrons. The van der Waals surface area contributed by atoms with Crippen LogP contribution in [0.3, 0.4) is 0 Å². The number of hydrogen-bond acceptors (Lipinski definition) is 3. The fourth-order valence-electron chi connectivity index (χ4n) is 11.5. The Morgan fingerprint density at radius 1 is 0.788 bits per heavy atom. The highest BCUT2D eigenvalue weighted by molar-refractivity contribution is 5.23. The zero-order valence-electron chi connectivity index (χ0n) is 22.3. The molecule has 5 aliphatic rings. The van der Waals surface area contributed by atoms with E-state index in [2.05, 4.69) is 55.0 Å². The lowest BCUT2D eigenvalue weighted by Crippen LogP contribution is -2.72. The number of aliphatic hydroxyl groups excluding tert-OH is 3. The van der Waals surface area contributed by atoms with Gasteiger partial charge in [-0.3, -0.25) is 0 Å². The minimum absolute atomic E-state index is 0.0104. The predicted octanol–water partition coefficient (Wildman–Crippen LogP) is 5.97. The van der Waals surface area contributed by atoms with Gasteiger partial charge in [-0.05, 0) is 103 Å². The zero-order valence-corrected chi connectivity index (χ0v) is 22.3. The van der Waals surface area contributed by atoms with E-state index in [1.165, 1.54) is 31.3 Å². The Morgan fingerprint density at radius 2 is 1.45 bits per heavy atom. The first-order chi connectivity index (χ1) is 15.1. The van der Waals surface area contributed by atoms with Crippen LogP contribution in [0.15, 0.2) is 12.2 Å². The summed E-state index contributed by atoms with van der Waals surface area (Å²) in [5, 5.41) is 34.5. The monoisotopic (exact) mass is 458 g/mol. The molecule has 33 heavy (non-hydrogen) atoms. The van der Waals surface area contributed by atoms with E-state index in [9.17, 15) is 15.3 Å². The van der Waals surface area contributed by atoms with Crippen molar-refractivity contribution in [2.75, 3.05) is 0 Å². The van der Waals surface area contributed by atoms with Gasteiger partial charge in [-0.15, -0.1) is 0 Å². The highest BCUT2D eigenvalue weighted by Gasteiger charge is 2.73. The van der Waals surface area contributed by atoms with Crippen LogP contribution in [0.4, 0.5) is 0 Å². The Kier molecular flexibility index (Phi) is 5.23. The Balaban J connectivity index is 1.61. The summed E-state index contributed by atoms with van der Waals surface area (Å²) in [4.78, 5) is 0. The van der Waals surface area contributed by atoms with Gasteiger partial charge in [0.1, 0.15) is 0 Å². The second kappa shape index (κ2) is 7.10. The molecule has 0 aromatic heterocycles. The Labute approximate surface area is 202 Å². The molecule has 5 rings (SSSR count). The van der Waals surface area contributed by atoms with Crippen LogP contribution in [0.2, 0.25) is 0 Å². The van der Waals surface area contributed by atoms with E-state index in [4.69, 9.17) is 0 Å². The maximum Gasteiger partial charge on any atom is 0.0625 e. The van der Waals surface area contributed by atoms with Crippen LogP contribution in [0.25, 0.3) is 0 Å². The van der Waals surface area contributed by atoms with E-state index in [0.29, 0.717) is 29.6 Å². The van der Waals surface area contributed by atoms with E-state index in [1.807, 2.05) is 0 Å². The summed E-state index contributed by atoms with van der Waals surface area (Å²) in [5.41, 5.74) is 1.25. The molecule has 0 bridgehead atoms. The summed E-state index contributed by atoms with van der Waals surface area (Å²) in [6.07, 6.45) is 7.03. The van der Waals surface area contributed by atoms with Crippen LogP contribution in [-0.4, -0.2) is 33.6 Å². The lowest BCUT2D eigenvalue weighted by Gasteiger charge is -2.74. The molecule has 5 saturated carbocycles. The summed E-state index contributed by atoms with van der Waals surface area (Å²) in [6.45, 7) is 20.9. The minimum atomic E-state index is -0.562. The molecule has 0 aliphatic heterocycles. The Bertz CT molecular complexity index is 834. The lowest BCUT2D eigenvalue weighted by molar-refractivity contribution is -0.298. The third-order valence-electron chi connectivity index (χ3n) is 13.5. The van der Waals surface area contributed by atoms with Crippen LogP contribution in [0, 0.1) is 56.7 Å². The van der Waals surface area contributed by atoms with Crippen molar-refractivity contribution in [3.05, 3.63) is 12.2 Å². The van der Waals surface area contributed by atoms with Gasteiger partial charge in [0.05, 0.1) is 18.3 Å². The van der Waals surface area contributed by atoms with E-state index in [1.54, 1.807) is 0 Å². The van der Waals surface area contributed by atoms with Crippen LogP contribution in [-0.2, 0) is 0 Å². The van der Waals surface area contributed by atoms with E-state index in [0.717, 1.165) is 19.3 Å². The average Bonchev–Trinajstić information content (AvgIpc) is 3.06. The number of rotatable bonds is 1. The topological polar surface area (TPSA) is 60.7 Å². The van der Waals surface area contributed by atoms with Gasteiger partial charge in [-0.25, -0.2) is 0 Å². The molecule has 0 aromatic rings. The SMILES string of the molecule is C=C(C)C1CCC2(C)CCC3(C)C(CC(O)C4C5(C)C(O)CC(O)C(C)(C)C5CCC43C)C12. The number of aliphatic hydroxyl groups is 3. The van der Waals surface area contributed by atoms with Gasteiger partial charge in [0.15, 0.2) is 0 Å². The Hall–Kier alpha value is -0.380. The van der Waals surface area contributed by atoms with E-state index >= 15 is 0 Å². The standard InChI is InChI=1S/C30H50O3/c1-17(2)18-9-11-27(5)13-14-28(6)19(24(18)27)15-20(31)25-29(28,7)12-10-21-26(3,4)22(32)16-23(33)30(21,25)8/h18-25,31-33H,1,9-16H2,2-8H3. The van der Waals surface area contributed by atoms with Crippen molar-refractivity contribution in [1.29, 1.82) is 0 Å². The molecule has 5 fully saturated rings. The van der Waals surface area contributed by atoms with Gasteiger partial charge in [-0.1, -0.05) is 53.7 Å². The summed E-state index contributed by atoms with van der Waals surface area (Å²) in [6, 6.07) is 0. The average molecular weight is 459 g/mol. The van der Waals surface area contributed by atoms with Gasteiger partial charge in [0.25, 0.3) is 0 Å². The molecular formula is C30H50O3. The van der Waals surface area contributed by atoms with E-state index < -0.39 is 18.3 Å². The molecule has 0 radical (unpaired) electrons. The zero-order chi connectivity index (χ0) is 24.4. The molecule has 5 aliphatic carbocycles. The smallest absolute Gasteiger partial charge is 0.0625 e. The normalized spacial score (nSPS) is 59.7. The van der Waals surface area contributed by atoms with Gasteiger partial charge in [-0.2, -0.15) is 0 Å². The lowest BCUT2D eigenvalue weighted by atomic mass is 9.31. The first kappa shape index (κ1) is 24.3. The van der Waals surface area contributed by atoms with Crippen molar-refractivity contribution in [3.63, 3.8) is 0 Å². The minimum Gasteiger partial charge on any atom is -0.393 e. The highest BCUT2D eigenvalue weighted by atomic mass is 16.3. The molecule has 12 unspecified atom stereocenters. The second-order valence-electron chi connectivity index (χ2n) is 14.9. The summed E-state index contributed by atoms with van der Waals surface area (Å²) >= 11 is 0. The van der Waals surface area contributed by atoms with Crippen molar-refractivity contribution in [2.24, 2.45) is 56.7 Å². The second-order valence-corrected chi connectivity index (χ2v) is 14.9. The molecule has 0 saturated heterocycles. The summed E-state index contributed by atoms with van der Waals surface area (Å²) < 4.78 is 0. The largest absolute Gasteiger partial charge is 0.393 e. The fraction of sp³-hybridized carbons (Fsp3) is 0.933. The third kappa shape index (κ3) is 2.80. The predicted molar refractivity (Wildman–Crippen MR) is 133 cm³/mol. The molecule has 0 amide bonds. The van der Waals surface area contributed by atoms with Gasteiger partial charge in [0, 0.05) is 11.8 Å². The number of fused-ring (bicyclic) bond motifs is 7. The molecule has 3 nitrogen and oxygen atoms in total. The molecular weight excluding hydrogens is 408 g/mol. The van der Waals surface area contributed by atoms with Crippen molar-refractivity contribution < 1.29 is 15.3 Å². The van der Waals surface area contributed by atoms with Crippen LogP contribution >= 0.6 is 0 Å². The maximum atomic E-state index is 12.0. The molecule has 12 atom stereocenters. The van der Waals surface area contributed by atoms with Crippen molar-refractivity contribution in [1.82, 2.24) is 0 Å². The third-order valence-corrected chi connectivity index (χ3v) is 13.5. The van der Waals surface area contributed by atoms with Gasteiger partial charge in [0.2, 0.25) is 0 Å². The number of allylic oxidation sites excluding steroid dienone is 1. The van der Waals surface area contributed by atoms with Crippen LogP contribution < -0.4 is 0 Å². The van der Waals surface area contributed by atoms with Gasteiger partial charge >= 0.3 is 0 Å². The van der Waals surface area contributed by atoms with E-state index in [-0.39, 0.29) is 33.5 Å². The summed E-state index contributed by atoms with van der Waals surface area (Å²) in [7, 11) is 0. The highest BCUT2D eigenvalue weighted by Crippen LogP contribution is 2.77. The summed E-state index contributed by atoms with van der Waals surface area (Å²) in [5.74, 6) is 1.99. The van der Waals surface area contributed by atoms with Gasteiger partial charge < -0.3 is 15.3 Å². The molecule has 3 heteroatoms. The van der Waals surface area contributed by atoms with Crippen LogP contribution in [0.1, 0.15) is 99.8 Å². The quantitative estimate of drug-likeness (QED) is 0.425. The molecule has 0 aromatic carbocycles. The molecule has 0 heterocycles. The van der Waals surface area contributed by atoms with Crippen LogP contribution in [0.5, 0.6) is 0 Å². The first-order valence-electron chi connectivity index (χ1n) is 13.8. The van der Waals surface area contributed by atoms with Crippen molar-refractivity contribution in [3.8, 4) is 0 Å². The first-order valence-corrected chi connectivity index (χ1v) is 13.8. The number of hydrogen-bond donors (Lipinski definition) is 3. The molecule has 3 N–H and O–H groups in total. The van der Waals surface area contributed by atoms with Crippen molar-refractivity contribution >= 4 is 0 Å². The van der Waals surface area contributed by atoms with Crippen molar-refractivity contribution in [2.45, 2.75) is 118 Å². The molecule has 0 spiro atoms. The fourth-order valence-corrected chi connectivity index (χ4v) is 11.5.